The molecule has 1 saturated carbocycles. The lowest BCUT2D eigenvalue weighted by atomic mass is 9.62. The van der Waals surface area contributed by atoms with E-state index < -0.39 is 18.1 Å². The molecule has 10 heteroatoms. The van der Waals surface area contributed by atoms with Crippen LogP contribution in [-0.2, 0) is 25.6 Å². The van der Waals surface area contributed by atoms with Gasteiger partial charge in [-0.3, -0.25) is 19.2 Å². The normalized spacial score (nSPS) is 23.2. The topological polar surface area (TPSA) is 125 Å². The van der Waals surface area contributed by atoms with Crippen LogP contribution in [0.2, 0.25) is 0 Å². The summed E-state index contributed by atoms with van der Waals surface area (Å²) in [5, 5.41) is 6.06. The number of carbonyl (C=O) groups excluding carboxylic acids is 4. The zero-order valence-corrected chi connectivity index (χ0v) is 23.8. The van der Waals surface area contributed by atoms with Gasteiger partial charge in [-0.05, 0) is 63.1 Å². The second kappa shape index (κ2) is 13.2. The lowest BCUT2D eigenvalue weighted by molar-refractivity contribution is -0.144. The molecule has 0 bridgehead atoms. The van der Waals surface area contributed by atoms with Crippen LogP contribution < -0.4 is 16.4 Å². The molecular formula is C30H44FN5O4. The van der Waals surface area contributed by atoms with Crippen molar-refractivity contribution in [3.8, 4) is 0 Å². The van der Waals surface area contributed by atoms with Gasteiger partial charge in [0, 0.05) is 44.6 Å². The molecule has 0 unspecified atom stereocenters. The van der Waals surface area contributed by atoms with Crippen molar-refractivity contribution in [2.24, 2.45) is 17.1 Å². The van der Waals surface area contributed by atoms with E-state index in [0.717, 1.165) is 31.2 Å². The van der Waals surface area contributed by atoms with Crippen molar-refractivity contribution in [3.05, 3.63) is 35.6 Å². The number of amides is 3. The van der Waals surface area contributed by atoms with E-state index in [1.165, 1.54) is 18.6 Å². The van der Waals surface area contributed by atoms with Crippen LogP contribution in [0.1, 0.15) is 64.4 Å². The summed E-state index contributed by atoms with van der Waals surface area (Å²) in [6.45, 7) is 5.29. The molecule has 2 aliphatic heterocycles. The fourth-order valence-electron chi connectivity index (χ4n) is 6.79. The Morgan fingerprint density at radius 1 is 1.02 bits per heavy atom. The number of benzene rings is 1. The Hall–Kier alpha value is -2.85. The van der Waals surface area contributed by atoms with E-state index >= 15 is 0 Å². The molecule has 9 nitrogen and oxygen atoms in total. The summed E-state index contributed by atoms with van der Waals surface area (Å²) in [7, 11) is 0. The van der Waals surface area contributed by atoms with Gasteiger partial charge in [0.1, 0.15) is 23.7 Å². The van der Waals surface area contributed by atoms with Crippen molar-refractivity contribution in [2.45, 2.75) is 83.3 Å². The molecule has 2 saturated heterocycles. The average molecular weight is 558 g/mol. The monoisotopic (exact) mass is 557 g/mol. The first-order chi connectivity index (χ1) is 19.1. The first-order valence-electron chi connectivity index (χ1n) is 14.7. The molecule has 1 aliphatic carbocycles. The molecule has 220 valence electrons. The number of nitrogens with two attached hydrogens (primary N) is 1. The summed E-state index contributed by atoms with van der Waals surface area (Å²) in [4.78, 5) is 55.9. The Bertz CT molecular complexity index is 1060. The van der Waals surface area contributed by atoms with Gasteiger partial charge in [-0.25, -0.2) is 4.39 Å². The lowest BCUT2D eigenvalue weighted by Gasteiger charge is -2.47. The van der Waals surface area contributed by atoms with Crippen LogP contribution in [0.25, 0.3) is 0 Å². The van der Waals surface area contributed by atoms with Crippen molar-refractivity contribution in [1.29, 1.82) is 0 Å². The molecule has 2 heterocycles. The zero-order valence-electron chi connectivity index (χ0n) is 23.8. The molecule has 0 aromatic heterocycles. The van der Waals surface area contributed by atoms with E-state index in [0.29, 0.717) is 44.9 Å². The number of piperazine rings is 1. The summed E-state index contributed by atoms with van der Waals surface area (Å²) in [6.07, 6.45) is 7.11. The summed E-state index contributed by atoms with van der Waals surface area (Å²) in [5.41, 5.74) is 6.11. The number of nitrogens with one attached hydrogen (secondary N) is 2. The molecule has 4 N–H and O–H groups in total. The number of piperidine rings is 1. The first kappa shape index (κ1) is 30.1. The number of hydrogen-bond donors (Lipinski definition) is 3. The van der Waals surface area contributed by atoms with Crippen molar-refractivity contribution in [3.63, 3.8) is 0 Å². The van der Waals surface area contributed by atoms with Crippen LogP contribution in [0.5, 0.6) is 0 Å². The minimum absolute atomic E-state index is 0.163. The number of halogens is 1. The van der Waals surface area contributed by atoms with E-state index in [4.69, 9.17) is 5.73 Å². The Morgan fingerprint density at radius 3 is 2.27 bits per heavy atom. The number of carbonyl (C=O) groups is 4. The maximum atomic E-state index is 13.9. The first-order valence-corrected chi connectivity index (χ1v) is 14.7. The number of nitrogens with zero attached hydrogens (tertiary/aromatic N) is 2. The van der Waals surface area contributed by atoms with Crippen LogP contribution in [0.3, 0.4) is 0 Å². The molecule has 3 fully saturated rings. The molecule has 1 aromatic carbocycles. The van der Waals surface area contributed by atoms with Crippen molar-refractivity contribution in [1.82, 2.24) is 20.4 Å². The highest BCUT2D eigenvalue weighted by Gasteiger charge is 2.46. The summed E-state index contributed by atoms with van der Waals surface area (Å²) >= 11 is 0. The molecule has 3 atom stereocenters. The Balaban J connectivity index is 1.47. The molecule has 0 radical (unpaired) electrons. The Labute approximate surface area is 236 Å². The second-order valence-electron chi connectivity index (χ2n) is 11.8. The smallest absolute Gasteiger partial charge is 0.245 e. The minimum atomic E-state index is -0.862. The van der Waals surface area contributed by atoms with Gasteiger partial charge < -0.3 is 26.2 Å². The Kier molecular flexibility index (Phi) is 9.94. The number of likely N-dealkylation sites (tertiary alicyclic amines) is 1. The van der Waals surface area contributed by atoms with Crippen LogP contribution in [0.4, 0.5) is 4.39 Å². The molecule has 3 amide bonds. The predicted molar refractivity (Wildman–Crippen MR) is 150 cm³/mol. The standard InChI is InChI=1S/C30H44FN5O4/c1-20(32)28(39)36-17-14-33-26(19-36)27(38)34-25(18-22-8-10-24(31)11-9-22)29(40)35-15-12-30(13-16-35,21(2)37)23-6-4-3-5-7-23/h8-11,20,23,25-26,33H,3-7,12-19,32H2,1-2H3,(H,34,38)/t20-,25-,26+/m1/s1. The molecule has 40 heavy (non-hydrogen) atoms. The molecular weight excluding hydrogens is 513 g/mol. The van der Waals surface area contributed by atoms with Crippen molar-refractivity contribution in [2.75, 3.05) is 32.7 Å². The lowest BCUT2D eigenvalue weighted by Crippen LogP contribution is -2.62. The van der Waals surface area contributed by atoms with Crippen LogP contribution >= 0.6 is 0 Å². The highest BCUT2D eigenvalue weighted by Crippen LogP contribution is 2.46. The van der Waals surface area contributed by atoms with Gasteiger partial charge in [-0.2, -0.15) is 0 Å². The molecule has 0 spiro atoms. The number of hydrogen-bond acceptors (Lipinski definition) is 6. The van der Waals surface area contributed by atoms with Gasteiger partial charge in [-0.15, -0.1) is 0 Å². The van der Waals surface area contributed by atoms with Crippen molar-refractivity contribution < 1.29 is 23.6 Å². The fourth-order valence-corrected chi connectivity index (χ4v) is 6.79. The van der Waals surface area contributed by atoms with Crippen LogP contribution in [-0.4, -0.2) is 84.2 Å². The minimum Gasteiger partial charge on any atom is -0.343 e. The number of ketones is 1. The van der Waals surface area contributed by atoms with E-state index in [1.54, 1.807) is 35.8 Å². The quantitative estimate of drug-likeness (QED) is 0.448. The third-order valence-corrected chi connectivity index (χ3v) is 9.22. The van der Waals surface area contributed by atoms with E-state index in [9.17, 15) is 23.6 Å². The van der Waals surface area contributed by atoms with Crippen LogP contribution in [0.15, 0.2) is 24.3 Å². The van der Waals surface area contributed by atoms with Gasteiger partial charge >= 0.3 is 0 Å². The van der Waals surface area contributed by atoms with Gasteiger partial charge in [0.05, 0.1) is 6.04 Å². The maximum absolute atomic E-state index is 13.9. The third kappa shape index (κ3) is 6.89. The SMILES string of the molecule is CC(=O)C1(C2CCCCC2)CCN(C(=O)[C@@H](Cc2ccc(F)cc2)NC(=O)[C@@H]2CN(C(=O)[C@@H](C)N)CCN2)CC1. The van der Waals surface area contributed by atoms with Gasteiger partial charge in [0.2, 0.25) is 17.7 Å². The summed E-state index contributed by atoms with van der Waals surface area (Å²) in [6, 6.07) is 3.70. The highest BCUT2D eigenvalue weighted by atomic mass is 19.1. The summed E-state index contributed by atoms with van der Waals surface area (Å²) < 4.78 is 13.6. The molecule has 4 rings (SSSR count). The third-order valence-electron chi connectivity index (χ3n) is 9.22. The van der Waals surface area contributed by atoms with E-state index in [2.05, 4.69) is 10.6 Å². The fraction of sp³-hybridized carbons (Fsp3) is 0.667. The second-order valence-corrected chi connectivity index (χ2v) is 11.8. The van der Waals surface area contributed by atoms with Gasteiger partial charge in [0.25, 0.3) is 0 Å². The summed E-state index contributed by atoms with van der Waals surface area (Å²) in [5.74, 6) is -0.599. The Morgan fingerprint density at radius 2 is 1.68 bits per heavy atom. The highest BCUT2D eigenvalue weighted by molar-refractivity contribution is 5.91. The van der Waals surface area contributed by atoms with Gasteiger partial charge in [-0.1, -0.05) is 31.4 Å². The van der Waals surface area contributed by atoms with E-state index in [-0.39, 0.29) is 47.7 Å². The van der Waals surface area contributed by atoms with E-state index in [1.807, 2.05) is 0 Å². The predicted octanol–water partition coefficient (Wildman–Crippen LogP) is 1.78. The average Bonchev–Trinajstić information content (AvgIpc) is 2.97. The van der Waals surface area contributed by atoms with Gasteiger partial charge in [0.15, 0.2) is 0 Å². The van der Waals surface area contributed by atoms with Crippen LogP contribution in [0, 0.1) is 17.2 Å². The number of Topliss-reactive ketones (excluding diaryl/α,β-unsaturated/α-hetero) is 1. The molecule has 3 aliphatic rings. The largest absolute Gasteiger partial charge is 0.343 e. The maximum Gasteiger partial charge on any atom is 0.245 e. The molecule has 1 aromatic rings. The van der Waals surface area contributed by atoms with Crippen molar-refractivity contribution >= 4 is 23.5 Å². The zero-order chi connectivity index (χ0) is 28.9. The number of rotatable bonds is 8.